The van der Waals surface area contributed by atoms with Crippen LogP contribution in [-0.4, -0.2) is 47.2 Å². The van der Waals surface area contributed by atoms with Crippen LogP contribution in [0.3, 0.4) is 0 Å². The van der Waals surface area contributed by atoms with Gasteiger partial charge < -0.3 is 14.7 Å². The lowest BCUT2D eigenvalue weighted by atomic mass is 9.95. The molecule has 2 rings (SSSR count). The summed E-state index contributed by atoms with van der Waals surface area (Å²) in [5.74, 6) is -1.10. The smallest absolute Gasteiger partial charge is 0.329 e. The van der Waals surface area contributed by atoms with Crippen LogP contribution in [0.4, 0.5) is 0 Å². The summed E-state index contributed by atoms with van der Waals surface area (Å²) in [5, 5.41) is 9.27. The Bertz CT molecular complexity index is 324. The number of hydrogen-bond donors (Lipinski definition) is 1. The molecule has 2 saturated heterocycles. The molecule has 1 amide bonds. The van der Waals surface area contributed by atoms with Crippen molar-refractivity contribution in [2.45, 2.75) is 38.1 Å². The van der Waals surface area contributed by atoms with Crippen molar-refractivity contribution < 1.29 is 19.4 Å². The second-order valence-electron chi connectivity index (χ2n) is 5.09. The number of carboxylic acids is 1. The maximum Gasteiger partial charge on any atom is 0.329 e. The molecule has 17 heavy (non-hydrogen) atoms. The molecule has 1 N–H and O–H groups in total. The van der Waals surface area contributed by atoms with Gasteiger partial charge in [0.2, 0.25) is 5.91 Å². The number of carbonyl (C=O) groups is 2. The van der Waals surface area contributed by atoms with Crippen LogP contribution in [0.2, 0.25) is 0 Å². The molecule has 0 spiro atoms. The predicted molar refractivity (Wildman–Crippen MR) is 60.5 cm³/mol. The molecule has 5 heteroatoms. The molecule has 0 radical (unpaired) electrons. The first-order chi connectivity index (χ1) is 8.05. The molecule has 0 aromatic heterocycles. The average Bonchev–Trinajstić information content (AvgIpc) is 2.73. The van der Waals surface area contributed by atoms with E-state index in [0.717, 1.165) is 19.3 Å². The minimum atomic E-state index is -1.02. The van der Waals surface area contributed by atoms with Gasteiger partial charge >= 0.3 is 5.97 Å². The third kappa shape index (κ3) is 2.16. The third-order valence-electron chi connectivity index (χ3n) is 3.88. The van der Waals surface area contributed by atoms with Gasteiger partial charge in [0, 0.05) is 13.2 Å². The Morgan fingerprint density at radius 3 is 2.76 bits per heavy atom. The quantitative estimate of drug-likeness (QED) is 0.779. The van der Waals surface area contributed by atoms with Crippen molar-refractivity contribution in [3.05, 3.63) is 0 Å². The molecule has 0 aromatic rings. The van der Waals surface area contributed by atoms with Crippen molar-refractivity contribution >= 4 is 11.9 Å². The Morgan fingerprint density at radius 2 is 2.18 bits per heavy atom. The van der Waals surface area contributed by atoms with Crippen LogP contribution in [0, 0.1) is 5.92 Å². The molecular weight excluding hydrogens is 222 g/mol. The maximum atomic E-state index is 12.3. The fourth-order valence-corrected chi connectivity index (χ4v) is 2.69. The first-order valence-corrected chi connectivity index (χ1v) is 6.18. The molecule has 2 atom stereocenters. The summed E-state index contributed by atoms with van der Waals surface area (Å²) in [6.45, 7) is 3.34. The molecule has 0 bridgehead atoms. The summed E-state index contributed by atoms with van der Waals surface area (Å²) in [5.41, 5.74) is -1.02. The van der Waals surface area contributed by atoms with Gasteiger partial charge in [0.15, 0.2) is 0 Å². The van der Waals surface area contributed by atoms with Gasteiger partial charge in [0.25, 0.3) is 0 Å². The second-order valence-corrected chi connectivity index (χ2v) is 5.09. The lowest BCUT2D eigenvalue weighted by Gasteiger charge is -2.35. The van der Waals surface area contributed by atoms with E-state index in [0.29, 0.717) is 26.2 Å². The van der Waals surface area contributed by atoms with Crippen molar-refractivity contribution in [3.8, 4) is 0 Å². The Hall–Kier alpha value is -1.10. The molecule has 96 valence electrons. The Morgan fingerprint density at radius 1 is 1.41 bits per heavy atom. The number of aliphatic carboxylic acids is 1. The lowest BCUT2D eigenvalue weighted by molar-refractivity contribution is -0.158. The zero-order chi connectivity index (χ0) is 12.5. The maximum absolute atomic E-state index is 12.3. The molecule has 5 nitrogen and oxygen atoms in total. The average molecular weight is 241 g/mol. The van der Waals surface area contributed by atoms with E-state index in [9.17, 15) is 14.7 Å². The van der Waals surface area contributed by atoms with Gasteiger partial charge in [-0.05, 0) is 32.6 Å². The molecule has 2 heterocycles. The Kier molecular flexibility index (Phi) is 3.38. The van der Waals surface area contributed by atoms with E-state index in [-0.39, 0.29) is 11.8 Å². The van der Waals surface area contributed by atoms with Crippen LogP contribution in [0.1, 0.15) is 32.6 Å². The highest BCUT2D eigenvalue weighted by Gasteiger charge is 2.47. The number of hydrogen-bond acceptors (Lipinski definition) is 3. The van der Waals surface area contributed by atoms with Crippen LogP contribution < -0.4 is 0 Å². The standard InChI is InChI=1S/C12H19NO4/c1-12(11(15)16)5-3-6-13(12)10(14)9-4-2-7-17-8-9/h9H,2-8H2,1H3,(H,15,16). The largest absolute Gasteiger partial charge is 0.480 e. The van der Waals surface area contributed by atoms with E-state index in [1.54, 1.807) is 6.92 Å². The third-order valence-corrected chi connectivity index (χ3v) is 3.88. The Balaban J connectivity index is 2.10. The van der Waals surface area contributed by atoms with Gasteiger partial charge in [-0.3, -0.25) is 4.79 Å². The summed E-state index contributed by atoms with van der Waals surface area (Å²) in [7, 11) is 0. The molecule has 2 aliphatic rings. The summed E-state index contributed by atoms with van der Waals surface area (Å²) in [6, 6.07) is 0. The summed E-state index contributed by atoms with van der Waals surface area (Å²) < 4.78 is 5.30. The van der Waals surface area contributed by atoms with Crippen LogP contribution in [-0.2, 0) is 14.3 Å². The predicted octanol–water partition coefficient (Wildman–Crippen LogP) is 0.879. The molecule has 2 unspecified atom stereocenters. The van der Waals surface area contributed by atoms with E-state index in [1.165, 1.54) is 4.90 Å². The molecule has 2 fully saturated rings. The van der Waals surface area contributed by atoms with E-state index in [4.69, 9.17) is 4.74 Å². The molecule has 2 aliphatic heterocycles. The summed E-state index contributed by atoms with van der Waals surface area (Å²) in [4.78, 5) is 25.1. The van der Waals surface area contributed by atoms with Gasteiger partial charge in [-0.15, -0.1) is 0 Å². The molecule has 0 saturated carbocycles. The van der Waals surface area contributed by atoms with Crippen molar-refractivity contribution in [1.29, 1.82) is 0 Å². The van der Waals surface area contributed by atoms with Gasteiger partial charge in [0.1, 0.15) is 5.54 Å². The zero-order valence-electron chi connectivity index (χ0n) is 10.1. The highest BCUT2D eigenvalue weighted by atomic mass is 16.5. The fourth-order valence-electron chi connectivity index (χ4n) is 2.69. The van der Waals surface area contributed by atoms with Crippen molar-refractivity contribution in [2.75, 3.05) is 19.8 Å². The van der Waals surface area contributed by atoms with E-state index >= 15 is 0 Å². The van der Waals surface area contributed by atoms with Crippen molar-refractivity contribution in [1.82, 2.24) is 4.90 Å². The minimum Gasteiger partial charge on any atom is -0.480 e. The molecular formula is C12H19NO4. The first-order valence-electron chi connectivity index (χ1n) is 6.18. The summed E-state index contributed by atoms with van der Waals surface area (Å²) >= 11 is 0. The number of ether oxygens (including phenoxy) is 1. The van der Waals surface area contributed by atoms with Crippen molar-refractivity contribution in [2.24, 2.45) is 5.92 Å². The molecule has 0 aliphatic carbocycles. The highest BCUT2D eigenvalue weighted by Crippen LogP contribution is 2.32. The van der Waals surface area contributed by atoms with Crippen LogP contribution >= 0.6 is 0 Å². The fraction of sp³-hybridized carbons (Fsp3) is 0.833. The second kappa shape index (κ2) is 4.64. The minimum absolute atomic E-state index is 0.0490. The van der Waals surface area contributed by atoms with Gasteiger partial charge in [-0.1, -0.05) is 0 Å². The van der Waals surface area contributed by atoms with Crippen LogP contribution in [0.15, 0.2) is 0 Å². The van der Waals surface area contributed by atoms with E-state index < -0.39 is 11.5 Å². The van der Waals surface area contributed by atoms with Crippen LogP contribution in [0.25, 0.3) is 0 Å². The number of likely N-dealkylation sites (tertiary alicyclic amines) is 1. The van der Waals surface area contributed by atoms with Gasteiger partial charge in [-0.25, -0.2) is 4.79 Å². The topological polar surface area (TPSA) is 66.8 Å². The normalized spacial score (nSPS) is 33.7. The summed E-state index contributed by atoms with van der Waals surface area (Å²) in [6.07, 6.45) is 3.00. The zero-order valence-corrected chi connectivity index (χ0v) is 10.1. The SMILES string of the molecule is CC1(C(=O)O)CCCN1C(=O)C1CCCOC1. The first kappa shape index (κ1) is 12.4. The van der Waals surface area contributed by atoms with Gasteiger partial charge in [-0.2, -0.15) is 0 Å². The lowest BCUT2D eigenvalue weighted by Crippen LogP contribution is -2.53. The van der Waals surface area contributed by atoms with Gasteiger partial charge in [0.05, 0.1) is 12.5 Å². The van der Waals surface area contributed by atoms with E-state index in [1.807, 2.05) is 0 Å². The number of carboxylic acid groups (broad SMARTS) is 1. The van der Waals surface area contributed by atoms with Crippen molar-refractivity contribution in [3.63, 3.8) is 0 Å². The van der Waals surface area contributed by atoms with E-state index in [2.05, 4.69) is 0 Å². The van der Waals surface area contributed by atoms with Crippen LogP contribution in [0.5, 0.6) is 0 Å². The highest BCUT2D eigenvalue weighted by molar-refractivity contribution is 5.88. The number of amides is 1. The monoisotopic (exact) mass is 241 g/mol. The Labute approximate surface area is 101 Å². The number of carbonyl (C=O) groups excluding carboxylic acids is 1. The molecule has 0 aromatic carbocycles. The number of nitrogens with zero attached hydrogens (tertiary/aromatic N) is 1. The number of rotatable bonds is 2.